The molecule has 1 aliphatic heterocycles. The van der Waals surface area contributed by atoms with Gasteiger partial charge in [-0.2, -0.15) is 0 Å². The Morgan fingerprint density at radius 2 is 1.94 bits per heavy atom. The number of nitrogens with two attached hydrogens (primary N) is 1. The van der Waals surface area contributed by atoms with Crippen LogP contribution < -0.4 is 10.5 Å². The van der Waals surface area contributed by atoms with Crippen LogP contribution in [0.1, 0.15) is 0 Å². The molecule has 1 aromatic carbocycles. The van der Waals surface area contributed by atoms with Gasteiger partial charge in [0.25, 0.3) is 0 Å². The van der Waals surface area contributed by atoms with E-state index in [1.807, 2.05) is 0 Å². The molecule has 0 unspecified atom stereocenters. The molecule has 94 valence electrons. The molecule has 0 saturated carbocycles. The first-order chi connectivity index (χ1) is 8.05. The minimum Gasteiger partial charge on any atom is -0.497 e. The van der Waals surface area contributed by atoms with Gasteiger partial charge < -0.3 is 15.2 Å². The summed E-state index contributed by atoms with van der Waals surface area (Å²) in [6.07, 6.45) is 0. The molecule has 2 rings (SSSR count). The number of methoxy groups -OCH3 is 1. The van der Waals surface area contributed by atoms with Gasteiger partial charge in [-0.3, -0.25) is 0 Å². The average Bonchev–Trinajstić information content (AvgIpc) is 2.28. The molecule has 0 aliphatic carbocycles. The highest BCUT2D eigenvalue weighted by Crippen LogP contribution is 2.32. The van der Waals surface area contributed by atoms with E-state index in [4.69, 9.17) is 15.2 Å². The van der Waals surface area contributed by atoms with Gasteiger partial charge in [0, 0.05) is 6.54 Å². The molecule has 1 aromatic rings. The Bertz CT molecular complexity index is 485. The summed E-state index contributed by atoms with van der Waals surface area (Å²) in [4.78, 5) is 0.257. The van der Waals surface area contributed by atoms with Crippen molar-refractivity contribution in [2.45, 2.75) is 9.64 Å². The van der Waals surface area contributed by atoms with Crippen LogP contribution in [0.3, 0.4) is 0 Å². The molecule has 2 N–H and O–H groups in total. The molecule has 5 nitrogen and oxygen atoms in total. The summed E-state index contributed by atoms with van der Waals surface area (Å²) < 4.78 is 33.8. The zero-order chi connectivity index (χ0) is 12.5. The quantitative estimate of drug-likeness (QED) is 0.833. The molecular weight excluding hydrogens is 242 g/mol. The molecule has 1 heterocycles. The number of benzene rings is 1. The number of hydrogen-bond donors (Lipinski definition) is 1. The Kier molecular flexibility index (Phi) is 3.11. The van der Waals surface area contributed by atoms with Gasteiger partial charge in [0.2, 0.25) is 0 Å². The van der Waals surface area contributed by atoms with Crippen molar-refractivity contribution in [3.63, 3.8) is 0 Å². The van der Waals surface area contributed by atoms with Crippen molar-refractivity contribution in [2.24, 2.45) is 5.73 Å². The third-order valence-electron chi connectivity index (χ3n) is 3.04. The van der Waals surface area contributed by atoms with Crippen molar-refractivity contribution in [1.29, 1.82) is 0 Å². The Labute approximate surface area is 100 Å². The summed E-state index contributed by atoms with van der Waals surface area (Å²) in [6.45, 7) is 0.400. The third-order valence-corrected chi connectivity index (χ3v) is 5.48. The van der Waals surface area contributed by atoms with Crippen LogP contribution in [0.25, 0.3) is 0 Å². The SMILES string of the molecule is COc1ccc(S(=O)(=O)C2(CN)COC2)cc1. The first-order valence-electron chi connectivity index (χ1n) is 5.22. The first-order valence-corrected chi connectivity index (χ1v) is 6.70. The van der Waals surface area contributed by atoms with Crippen LogP contribution in [-0.2, 0) is 14.6 Å². The summed E-state index contributed by atoms with van der Waals surface area (Å²) >= 11 is 0. The molecule has 17 heavy (non-hydrogen) atoms. The molecule has 0 radical (unpaired) electrons. The lowest BCUT2D eigenvalue weighted by Gasteiger charge is -2.39. The van der Waals surface area contributed by atoms with E-state index in [0.29, 0.717) is 5.75 Å². The topological polar surface area (TPSA) is 78.6 Å². The largest absolute Gasteiger partial charge is 0.497 e. The Morgan fingerprint density at radius 3 is 2.29 bits per heavy atom. The van der Waals surface area contributed by atoms with Crippen LogP contribution in [0.4, 0.5) is 0 Å². The fourth-order valence-electron chi connectivity index (χ4n) is 1.72. The van der Waals surface area contributed by atoms with Crippen molar-refractivity contribution in [2.75, 3.05) is 26.9 Å². The van der Waals surface area contributed by atoms with Crippen LogP contribution in [0.2, 0.25) is 0 Å². The third kappa shape index (κ3) is 1.82. The molecule has 6 heteroatoms. The van der Waals surface area contributed by atoms with E-state index in [1.54, 1.807) is 12.1 Å². The van der Waals surface area contributed by atoms with E-state index in [9.17, 15) is 8.42 Å². The zero-order valence-electron chi connectivity index (χ0n) is 9.55. The lowest BCUT2D eigenvalue weighted by atomic mass is 10.1. The van der Waals surface area contributed by atoms with Gasteiger partial charge in [-0.15, -0.1) is 0 Å². The lowest BCUT2D eigenvalue weighted by molar-refractivity contribution is -0.00924. The summed E-state index contributed by atoms with van der Waals surface area (Å²) in [6, 6.07) is 6.31. The van der Waals surface area contributed by atoms with E-state index in [1.165, 1.54) is 19.2 Å². The number of hydrogen-bond acceptors (Lipinski definition) is 5. The van der Waals surface area contributed by atoms with Crippen molar-refractivity contribution in [3.05, 3.63) is 24.3 Å². The second-order valence-corrected chi connectivity index (χ2v) is 6.40. The summed E-state index contributed by atoms with van der Waals surface area (Å²) in [5.74, 6) is 0.621. The number of ether oxygens (including phenoxy) is 2. The van der Waals surface area contributed by atoms with Gasteiger partial charge in [0.1, 0.15) is 10.5 Å². The van der Waals surface area contributed by atoms with E-state index in [-0.39, 0.29) is 24.7 Å². The van der Waals surface area contributed by atoms with E-state index >= 15 is 0 Å². The summed E-state index contributed by atoms with van der Waals surface area (Å²) in [7, 11) is -1.91. The fraction of sp³-hybridized carbons (Fsp3) is 0.455. The molecule has 0 bridgehead atoms. The standard InChI is InChI=1S/C11H15NO4S/c1-15-9-2-4-10(5-3-9)17(13,14)11(6-12)7-16-8-11/h2-5H,6-8,12H2,1H3. The Hall–Kier alpha value is -1.11. The van der Waals surface area contributed by atoms with Gasteiger partial charge in [-0.1, -0.05) is 0 Å². The van der Waals surface area contributed by atoms with Crippen LogP contribution in [0.15, 0.2) is 29.2 Å². The highest BCUT2D eigenvalue weighted by molar-refractivity contribution is 7.93. The smallest absolute Gasteiger partial charge is 0.189 e. The first kappa shape index (κ1) is 12.3. The van der Waals surface area contributed by atoms with Gasteiger partial charge in [-0.05, 0) is 24.3 Å². The Balaban J connectivity index is 2.37. The Morgan fingerprint density at radius 1 is 1.35 bits per heavy atom. The molecule has 1 saturated heterocycles. The van der Waals surface area contributed by atoms with Crippen molar-refractivity contribution >= 4 is 9.84 Å². The van der Waals surface area contributed by atoms with Crippen LogP contribution >= 0.6 is 0 Å². The molecule has 1 aliphatic rings. The van der Waals surface area contributed by atoms with Crippen molar-refractivity contribution in [1.82, 2.24) is 0 Å². The predicted octanol–water partition coefficient (Wildman–Crippen LogP) is 0.197. The molecule has 1 fully saturated rings. The minimum absolute atomic E-state index is 0.0708. The monoisotopic (exact) mass is 257 g/mol. The zero-order valence-corrected chi connectivity index (χ0v) is 10.4. The van der Waals surface area contributed by atoms with Gasteiger partial charge >= 0.3 is 0 Å². The molecule has 0 aromatic heterocycles. The van der Waals surface area contributed by atoms with E-state index in [2.05, 4.69) is 0 Å². The maximum atomic E-state index is 12.4. The maximum Gasteiger partial charge on any atom is 0.189 e. The highest BCUT2D eigenvalue weighted by Gasteiger charge is 2.50. The number of rotatable bonds is 4. The second kappa shape index (κ2) is 4.29. The van der Waals surface area contributed by atoms with Crippen LogP contribution in [0.5, 0.6) is 5.75 Å². The van der Waals surface area contributed by atoms with Gasteiger partial charge in [-0.25, -0.2) is 8.42 Å². The molecule has 0 amide bonds. The predicted molar refractivity (Wildman–Crippen MR) is 62.8 cm³/mol. The van der Waals surface area contributed by atoms with E-state index < -0.39 is 14.6 Å². The summed E-state index contributed by atoms with van der Waals surface area (Å²) in [5, 5.41) is 0. The molecule has 0 spiro atoms. The maximum absolute atomic E-state index is 12.4. The second-order valence-electron chi connectivity index (χ2n) is 4.06. The average molecular weight is 257 g/mol. The van der Waals surface area contributed by atoms with Crippen LogP contribution in [0, 0.1) is 0 Å². The lowest BCUT2D eigenvalue weighted by Crippen LogP contribution is -2.60. The van der Waals surface area contributed by atoms with Gasteiger partial charge in [0.05, 0.1) is 25.2 Å². The van der Waals surface area contributed by atoms with E-state index in [0.717, 1.165) is 0 Å². The van der Waals surface area contributed by atoms with Gasteiger partial charge in [0.15, 0.2) is 9.84 Å². The minimum atomic E-state index is -3.44. The normalized spacial score (nSPS) is 18.5. The van der Waals surface area contributed by atoms with Crippen molar-refractivity contribution < 1.29 is 17.9 Å². The van der Waals surface area contributed by atoms with Crippen LogP contribution in [-0.4, -0.2) is 40.0 Å². The highest BCUT2D eigenvalue weighted by atomic mass is 32.2. The van der Waals surface area contributed by atoms with Crippen molar-refractivity contribution in [3.8, 4) is 5.75 Å². The summed E-state index contributed by atoms with van der Waals surface area (Å²) in [5.41, 5.74) is 5.56. The molecule has 0 atom stereocenters. The fourth-order valence-corrected chi connectivity index (χ4v) is 3.41. The molecular formula is C11H15NO4S. The number of sulfone groups is 1.